The number of nitrogens with two attached hydrogens (primary N) is 1. The van der Waals surface area contributed by atoms with E-state index in [-0.39, 0.29) is 11.8 Å². The van der Waals surface area contributed by atoms with Crippen LogP contribution in [0.15, 0.2) is 12.1 Å². The Labute approximate surface area is 113 Å². The number of anilines is 2. The Morgan fingerprint density at radius 1 is 1.44 bits per heavy atom. The molecule has 0 radical (unpaired) electrons. The summed E-state index contributed by atoms with van der Waals surface area (Å²) in [5, 5.41) is 3.45. The van der Waals surface area contributed by atoms with Crippen molar-refractivity contribution in [3.05, 3.63) is 22.7 Å². The maximum atomic E-state index is 12.2. The summed E-state index contributed by atoms with van der Waals surface area (Å²) >= 11 is 5.98. The molecule has 1 aromatic carbocycles. The van der Waals surface area contributed by atoms with E-state index in [1.54, 1.807) is 12.1 Å². The molecule has 0 spiro atoms. The third-order valence-electron chi connectivity index (χ3n) is 3.80. The van der Waals surface area contributed by atoms with Gasteiger partial charge in [-0.05, 0) is 43.4 Å². The predicted octanol–water partition coefficient (Wildman–Crippen LogP) is 3.61. The standard InChI is InChI=1S/C14H19ClN2O/c1-8-4-3-5-10(8)14(18)17-13-7-11(15)12(16)6-9(13)2/h6-8,10H,3-5,16H2,1-2H3,(H,17,18). The number of hydrogen-bond acceptors (Lipinski definition) is 2. The second-order valence-corrected chi connectivity index (χ2v) is 5.60. The maximum absolute atomic E-state index is 12.2. The molecule has 3 nitrogen and oxygen atoms in total. The van der Waals surface area contributed by atoms with Crippen LogP contribution in [-0.2, 0) is 4.79 Å². The topological polar surface area (TPSA) is 55.1 Å². The van der Waals surface area contributed by atoms with Crippen molar-refractivity contribution in [3.8, 4) is 0 Å². The molecule has 2 unspecified atom stereocenters. The van der Waals surface area contributed by atoms with Crippen LogP contribution in [0, 0.1) is 18.8 Å². The van der Waals surface area contributed by atoms with E-state index in [0.717, 1.165) is 30.5 Å². The fourth-order valence-corrected chi connectivity index (χ4v) is 2.76. The zero-order valence-electron chi connectivity index (χ0n) is 10.8. The van der Waals surface area contributed by atoms with Gasteiger partial charge in [0, 0.05) is 11.6 Å². The van der Waals surface area contributed by atoms with E-state index in [1.807, 2.05) is 6.92 Å². The van der Waals surface area contributed by atoms with Crippen LogP contribution in [0.25, 0.3) is 0 Å². The second-order valence-electron chi connectivity index (χ2n) is 5.19. The van der Waals surface area contributed by atoms with Crippen molar-refractivity contribution in [1.82, 2.24) is 0 Å². The Bertz CT molecular complexity index is 473. The van der Waals surface area contributed by atoms with Crippen LogP contribution in [0.1, 0.15) is 31.7 Å². The first kappa shape index (κ1) is 13.2. The highest BCUT2D eigenvalue weighted by Crippen LogP contribution is 2.33. The molecular weight excluding hydrogens is 248 g/mol. The summed E-state index contributed by atoms with van der Waals surface area (Å²) in [4.78, 5) is 12.2. The van der Waals surface area contributed by atoms with Gasteiger partial charge in [-0.25, -0.2) is 0 Å². The van der Waals surface area contributed by atoms with Crippen LogP contribution in [-0.4, -0.2) is 5.91 Å². The van der Waals surface area contributed by atoms with Gasteiger partial charge < -0.3 is 11.1 Å². The molecule has 0 bridgehead atoms. The molecule has 1 amide bonds. The van der Waals surface area contributed by atoms with Crippen LogP contribution in [0.5, 0.6) is 0 Å². The van der Waals surface area contributed by atoms with E-state index >= 15 is 0 Å². The SMILES string of the molecule is Cc1cc(N)c(Cl)cc1NC(=O)C1CCCC1C. The molecule has 98 valence electrons. The van der Waals surface area contributed by atoms with Gasteiger partial charge >= 0.3 is 0 Å². The van der Waals surface area contributed by atoms with E-state index in [1.165, 1.54) is 0 Å². The normalized spacial score (nSPS) is 23.1. The van der Waals surface area contributed by atoms with Gasteiger partial charge in [-0.15, -0.1) is 0 Å². The number of benzene rings is 1. The van der Waals surface area contributed by atoms with Gasteiger partial charge in [0.25, 0.3) is 0 Å². The number of halogens is 1. The number of amides is 1. The van der Waals surface area contributed by atoms with Crippen molar-refractivity contribution < 1.29 is 4.79 Å². The summed E-state index contributed by atoms with van der Waals surface area (Å²) in [5.41, 5.74) is 7.97. The molecule has 4 heteroatoms. The monoisotopic (exact) mass is 266 g/mol. The van der Waals surface area contributed by atoms with E-state index in [2.05, 4.69) is 12.2 Å². The number of carbonyl (C=O) groups is 1. The fraction of sp³-hybridized carbons (Fsp3) is 0.500. The van der Waals surface area contributed by atoms with Crippen LogP contribution in [0.3, 0.4) is 0 Å². The lowest BCUT2D eigenvalue weighted by Gasteiger charge is -2.17. The number of rotatable bonds is 2. The van der Waals surface area contributed by atoms with Gasteiger partial charge in [-0.3, -0.25) is 4.79 Å². The Morgan fingerprint density at radius 2 is 2.17 bits per heavy atom. The quantitative estimate of drug-likeness (QED) is 0.804. The molecule has 1 aliphatic carbocycles. The molecule has 1 aromatic rings. The Morgan fingerprint density at radius 3 is 2.78 bits per heavy atom. The first-order valence-electron chi connectivity index (χ1n) is 6.35. The smallest absolute Gasteiger partial charge is 0.227 e. The minimum absolute atomic E-state index is 0.101. The molecular formula is C14H19ClN2O. The fourth-order valence-electron chi connectivity index (χ4n) is 2.60. The molecule has 0 heterocycles. The number of nitrogens with one attached hydrogen (secondary N) is 1. The predicted molar refractivity (Wildman–Crippen MR) is 75.7 cm³/mol. The van der Waals surface area contributed by atoms with E-state index < -0.39 is 0 Å². The zero-order valence-corrected chi connectivity index (χ0v) is 11.6. The Hall–Kier alpha value is -1.22. The second kappa shape index (κ2) is 5.19. The first-order valence-corrected chi connectivity index (χ1v) is 6.73. The first-order chi connectivity index (χ1) is 8.49. The largest absolute Gasteiger partial charge is 0.398 e. The van der Waals surface area contributed by atoms with Crippen molar-refractivity contribution >= 4 is 28.9 Å². The number of aryl methyl sites for hydroxylation is 1. The molecule has 3 N–H and O–H groups in total. The van der Waals surface area contributed by atoms with Crippen LogP contribution in [0.4, 0.5) is 11.4 Å². The summed E-state index contributed by atoms with van der Waals surface area (Å²) in [5.74, 6) is 0.694. The minimum Gasteiger partial charge on any atom is -0.398 e. The van der Waals surface area contributed by atoms with Crippen molar-refractivity contribution in [2.75, 3.05) is 11.1 Å². The lowest BCUT2D eigenvalue weighted by molar-refractivity contribution is -0.120. The number of hydrogen-bond donors (Lipinski definition) is 2. The lowest BCUT2D eigenvalue weighted by atomic mass is 9.97. The highest BCUT2D eigenvalue weighted by molar-refractivity contribution is 6.33. The van der Waals surface area contributed by atoms with Crippen LogP contribution in [0.2, 0.25) is 5.02 Å². The molecule has 2 rings (SSSR count). The van der Waals surface area contributed by atoms with Gasteiger partial charge in [-0.1, -0.05) is 24.9 Å². The Balaban J connectivity index is 2.14. The molecule has 18 heavy (non-hydrogen) atoms. The molecule has 2 atom stereocenters. The third kappa shape index (κ3) is 2.61. The van der Waals surface area contributed by atoms with Crippen molar-refractivity contribution in [3.63, 3.8) is 0 Å². The van der Waals surface area contributed by atoms with Gasteiger partial charge in [0.1, 0.15) is 0 Å². The van der Waals surface area contributed by atoms with Crippen LogP contribution < -0.4 is 11.1 Å². The van der Waals surface area contributed by atoms with Gasteiger partial charge in [0.05, 0.1) is 10.7 Å². The van der Waals surface area contributed by atoms with Crippen molar-refractivity contribution in [2.24, 2.45) is 11.8 Å². The van der Waals surface area contributed by atoms with E-state index in [0.29, 0.717) is 16.6 Å². The molecule has 0 aromatic heterocycles. The average molecular weight is 267 g/mol. The summed E-state index contributed by atoms with van der Waals surface area (Å²) in [6, 6.07) is 3.51. The van der Waals surface area contributed by atoms with Gasteiger partial charge in [0.2, 0.25) is 5.91 Å². The average Bonchev–Trinajstić information content (AvgIpc) is 2.72. The number of carbonyl (C=O) groups excluding carboxylic acids is 1. The zero-order chi connectivity index (χ0) is 13.3. The number of nitrogen functional groups attached to an aromatic ring is 1. The van der Waals surface area contributed by atoms with Crippen LogP contribution >= 0.6 is 11.6 Å². The van der Waals surface area contributed by atoms with Gasteiger partial charge in [-0.2, -0.15) is 0 Å². The van der Waals surface area contributed by atoms with Gasteiger partial charge in [0.15, 0.2) is 0 Å². The van der Waals surface area contributed by atoms with Crippen molar-refractivity contribution in [2.45, 2.75) is 33.1 Å². The summed E-state index contributed by atoms with van der Waals surface area (Å²) in [6.45, 7) is 4.06. The highest BCUT2D eigenvalue weighted by atomic mass is 35.5. The molecule has 0 aliphatic heterocycles. The molecule has 1 fully saturated rings. The molecule has 0 saturated heterocycles. The van der Waals surface area contributed by atoms with E-state index in [4.69, 9.17) is 17.3 Å². The molecule has 1 aliphatic rings. The van der Waals surface area contributed by atoms with E-state index in [9.17, 15) is 4.79 Å². The summed E-state index contributed by atoms with van der Waals surface area (Å²) < 4.78 is 0. The lowest BCUT2D eigenvalue weighted by Crippen LogP contribution is -2.24. The highest BCUT2D eigenvalue weighted by Gasteiger charge is 2.29. The summed E-state index contributed by atoms with van der Waals surface area (Å²) in [6.07, 6.45) is 3.26. The summed E-state index contributed by atoms with van der Waals surface area (Å²) in [7, 11) is 0. The van der Waals surface area contributed by atoms with Crippen molar-refractivity contribution in [1.29, 1.82) is 0 Å². The molecule has 1 saturated carbocycles. The third-order valence-corrected chi connectivity index (χ3v) is 4.13. The maximum Gasteiger partial charge on any atom is 0.227 e. The minimum atomic E-state index is 0.101. The Kier molecular flexibility index (Phi) is 3.81.